The van der Waals surface area contributed by atoms with Crippen molar-refractivity contribution < 1.29 is 14.6 Å². The maximum absolute atomic E-state index is 12.6. The average molecular weight is 442 g/mol. The lowest BCUT2D eigenvalue weighted by molar-refractivity contribution is -0.149. The minimum Gasteiger partial charge on any atom is -0.465 e. The van der Waals surface area contributed by atoms with Crippen molar-refractivity contribution in [2.24, 2.45) is 5.92 Å². The largest absolute Gasteiger partial charge is 0.465 e. The molecule has 0 spiro atoms. The Morgan fingerprint density at radius 3 is 1.77 bits per heavy atom. The van der Waals surface area contributed by atoms with Crippen LogP contribution in [0.2, 0.25) is 0 Å². The number of esters is 1. The van der Waals surface area contributed by atoms with Crippen molar-refractivity contribution >= 4 is 5.97 Å². The highest BCUT2D eigenvalue weighted by atomic mass is 16.5. The molecule has 1 atom stereocenters. The molecule has 31 heavy (non-hydrogen) atoms. The van der Waals surface area contributed by atoms with Gasteiger partial charge in [0.15, 0.2) is 0 Å². The van der Waals surface area contributed by atoms with Gasteiger partial charge in [-0.1, -0.05) is 104 Å². The molecule has 0 aliphatic carbocycles. The van der Waals surface area contributed by atoms with Gasteiger partial charge in [-0.2, -0.15) is 0 Å². The van der Waals surface area contributed by atoms with E-state index in [1.54, 1.807) is 0 Å². The first kappa shape index (κ1) is 30.4. The summed E-state index contributed by atoms with van der Waals surface area (Å²) in [5.74, 6) is 0.195. The first-order chi connectivity index (χ1) is 15.3. The fourth-order valence-electron chi connectivity index (χ4n) is 4.05. The van der Waals surface area contributed by atoms with Crippen LogP contribution < -0.4 is 5.32 Å². The Labute approximate surface area is 194 Å². The molecule has 0 heterocycles. The van der Waals surface area contributed by atoms with E-state index in [-0.39, 0.29) is 18.5 Å². The van der Waals surface area contributed by atoms with E-state index in [1.807, 2.05) is 0 Å². The molecule has 0 saturated heterocycles. The molecule has 4 nitrogen and oxygen atoms in total. The molecule has 0 aliphatic heterocycles. The number of carbonyl (C=O) groups is 1. The van der Waals surface area contributed by atoms with E-state index >= 15 is 0 Å². The molecule has 1 unspecified atom stereocenters. The molecule has 0 aromatic rings. The second kappa shape index (κ2) is 25.6. The number of hydrogen-bond donors (Lipinski definition) is 2. The maximum Gasteiger partial charge on any atom is 0.308 e. The number of aliphatic hydroxyl groups excluding tert-OH is 1. The van der Waals surface area contributed by atoms with Crippen molar-refractivity contribution in [3.8, 4) is 0 Å². The van der Waals surface area contributed by atoms with Gasteiger partial charge in [-0.15, -0.1) is 0 Å². The van der Waals surface area contributed by atoms with E-state index in [9.17, 15) is 4.79 Å². The Hall–Kier alpha value is -0.610. The Morgan fingerprint density at radius 2 is 1.16 bits per heavy atom. The predicted molar refractivity (Wildman–Crippen MR) is 133 cm³/mol. The monoisotopic (exact) mass is 441 g/mol. The van der Waals surface area contributed by atoms with Gasteiger partial charge in [-0.25, -0.2) is 0 Å². The number of unbranched alkanes of at least 4 members (excludes halogenated alkanes) is 13. The molecule has 0 radical (unpaired) electrons. The quantitative estimate of drug-likeness (QED) is 0.116. The Bertz CT molecular complexity index is 362. The Balaban J connectivity index is 3.80. The van der Waals surface area contributed by atoms with Crippen molar-refractivity contribution in [3.05, 3.63) is 0 Å². The summed E-state index contributed by atoms with van der Waals surface area (Å²) in [6.45, 7) is 7.33. The lowest BCUT2D eigenvalue weighted by Gasteiger charge is -2.16. The zero-order valence-corrected chi connectivity index (χ0v) is 21.1. The molecule has 0 rings (SSSR count). The number of nitrogens with one attached hydrogen (secondary N) is 1. The van der Waals surface area contributed by atoms with E-state index in [0.717, 1.165) is 51.6 Å². The van der Waals surface area contributed by atoms with Crippen LogP contribution in [0.3, 0.4) is 0 Å². The summed E-state index contributed by atoms with van der Waals surface area (Å²) in [5, 5.41) is 12.1. The summed E-state index contributed by atoms with van der Waals surface area (Å²) >= 11 is 0. The highest BCUT2D eigenvalue weighted by Crippen LogP contribution is 2.20. The minimum absolute atomic E-state index is 0.0685. The van der Waals surface area contributed by atoms with Gasteiger partial charge in [0.25, 0.3) is 0 Å². The molecule has 0 aromatic carbocycles. The summed E-state index contributed by atoms with van der Waals surface area (Å²) in [6.07, 6.45) is 22.6. The fraction of sp³-hybridized carbons (Fsp3) is 0.963. The molecule has 2 N–H and O–H groups in total. The number of aliphatic hydroxyl groups is 1. The molecule has 0 fully saturated rings. The molecule has 0 aromatic heterocycles. The molecule has 0 aliphatic rings. The molecule has 0 saturated carbocycles. The third kappa shape index (κ3) is 22.4. The Kier molecular flexibility index (Phi) is 25.1. The smallest absolute Gasteiger partial charge is 0.308 e. The zero-order chi connectivity index (χ0) is 22.8. The number of hydrogen-bond acceptors (Lipinski definition) is 4. The van der Waals surface area contributed by atoms with E-state index < -0.39 is 0 Å². The van der Waals surface area contributed by atoms with Gasteiger partial charge in [-0.3, -0.25) is 4.79 Å². The van der Waals surface area contributed by atoms with Crippen LogP contribution in [0.4, 0.5) is 0 Å². The molecular weight excluding hydrogens is 386 g/mol. The summed E-state index contributed by atoms with van der Waals surface area (Å²) in [5.41, 5.74) is 0. The number of ether oxygens (including phenoxy) is 1. The van der Waals surface area contributed by atoms with Gasteiger partial charge in [0.2, 0.25) is 0 Å². The van der Waals surface area contributed by atoms with Gasteiger partial charge in [0, 0.05) is 6.61 Å². The summed E-state index contributed by atoms with van der Waals surface area (Å²) in [4.78, 5) is 12.6. The van der Waals surface area contributed by atoms with Crippen LogP contribution in [0.25, 0.3) is 0 Å². The molecule has 0 amide bonds. The first-order valence-electron chi connectivity index (χ1n) is 13.7. The van der Waals surface area contributed by atoms with Crippen molar-refractivity contribution in [3.63, 3.8) is 0 Å². The number of carbonyl (C=O) groups excluding carboxylic acids is 1. The minimum atomic E-state index is 0.0685. The van der Waals surface area contributed by atoms with Crippen LogP contribution in [-0.4, -0.2) is 37.4 Å². The van der Waals surface area contributed by atoms with Crippen molar-refractivity contribution in [2.45, 2.75) is 136 Å². The van der Waals surface area contributed by atoms with Crippen molar-refractivity contribution in [1.82, 2.24) is 5.32 Å². The predicted octanol–water partition coefficient (Wildman–Crippen LogP) is 7.18. The highest BCUT2D eigenvalue weighted by Gasteiger charge is 2.19. The van der Waals surface area contributed by atoms with Gasteiger partial charge in [0.1, 0.15) is 0 Å². The lowest BCUT2D eigenvalue weighted by atomic mass is 9.94. The van der Waals surface area contributed by atoms with Crippen LogP contribution in [-0.2, 0) is 9.53 Å². The van der Waals surface area contributed by atoms with Crippen LogP contribution in [0, 0.1) is 5.92 Å². The van der Waals surface area contributed by atoms with E-state index in [2.05, 4.69) is 19.2 Å². The van der Waals surface area contributed by atoms with E-state index in [1.165, 1.54) is 83.5 Å². The normalized spacial score (nSPS) is 12.2. The molecule has 0 bridgehead atoms. The maximum atomic E-state index is 12.6. The van der Waals surface area contributed by atoms with Crippen LogP contribution in [0.5, 0.6) is 0 Å². The molecule has 186 valence electrons. The second-order valence-electron chi connectivity index (χ2n) is 9.22. The average Bonchev–Trinajstić information content (AvgIpc) is 2.78. The van der Waals surface area contributed by atoms with Crippen LogP contribution in [0.1, 0.15) is 136 Å². The van der Waals surface area contributed by atoms with Crippen molar-refractivity contribution in [2.75, 3.05) is 26.3 Å². The zero-order valence-electron chi connectivity index (χ0n) is 21.1. The van der Waals surface area contributed by atoms with Crippen molar-refractivity contribution in [1.29, 1.82) is 0 Å². The van der Waals surface area contributed by atoms with Gasteiger partial charge in [-0.05, 0) is 45.2 Å². The van der Waals surface area contributed by atoms with Gasteiger partial charge in [0.05, 0.1) is 12.5 Å². The highest BCUT2D eigenvalue weighted by molar-refractivity contribution is 5.72. The molecule has 4 heteroatoms. The SMILES string of the molecule is CCCCCCCCC(CCCCCC)C(=O)OCCCCCCCCNCCCO. The summed E-state index contributed by atoms with van der Waals surface area (Å²) < 4.78 is 5.67. The lowest BCUT2D eigenvalue weighted by Crippen LogP contribution is -2.18. The van der Waals surface area contributed by atoms with Crippen LogP contribution in [0.15, 0.2) is 0 Å². The Morgan fingerprint density at radius 1 is 0.677 bits per heavy atom. The van der Waals surface area contributed by atoms with Gasteiger partial charge >= 0.3 is 5.97 Å². The fourth-order valence-corrected chi connectivity index (χ4v) is 4.05. The third-order valence-electron chi connectivity index (χ3n) is 6.15. The summed E-state index contributed by atoms with van der Waals surface area (Å²) in [6, 6.07) is 0. The third-order valence-corrected chi connectivity index (χ3v) is 6.15. The summed E-state index contributed by atoms with van der Waals surface area (Å²) in [7, 11) is 0. The van der Waals surface area contributed by atoms with Gasteiger partial charge < -0.3 is 15.2 Å². The van der Waals surface area contributed by atoms with E-state index in [4.69, 9.17) is 9.84 Å². The second-order valence-corrected chi connectivity index (χ2v) is 9.22. The van der Waals surface area contributed by atoms with Crippen LogP contribution >= 0.6 is 0 Å². The van der Waals surface area contributed by atoms with E-state index in [0.29, 0.717) is 6.61 Å². The number of rotatable bonds is 25. The molecular formula is C27H55NO3. The topological polar surface area (TPSA) is 58.6 Å². The first-order valence-corrected chi connectivity index (χ1v) is 13.7. The standard InChI is InChI=1S/C27H55NO3/c1-3-5-7-9-12-16-21-26(20-15-8-6-4-2)27(30)31-25-18-14-11-10-13-17-22-28-23-19-24-29/h26,28-29H,3-25H2,1-2H3.